The van der Waals surface area contributed by atoms with Gasteiger partial charge in [-0.2, -0.15) is 0 Å². The van der Waals surface area contributed by atoms with E-state index in [2.05, 4.69) is 4.74 Å². The van der Waals surface area contributed by atoms with Gasteiger partial charge in [-0.15, -0.1) is 13.2 Å². The molecule has 0 fully saturated rings. The fraction of sp³-hybridized carbons (Fsp3) is 0.200. The van der Waals surface area contributed by atoms with E-state index < -0.39 is 16.2 Å². The van der Waals surface area contributed by atoms with Gasteiger partial charge < -0.3 is 10.5 Å². The fourth-order valence-corrected chi connectivity index (χ4v) is 2.72. The Kier molecular flexibility index (Phi) is 4.67. The Hall–Kier alpha value is -2.06. The number of halogens is 3. The average molecular weight is 345 g/mol. The Morgan fingerprint density at radius 2 is 1.74 bits per heavy atom. The van der Waals surface area contributed by atoms with Gasteiger partial charge in [0.05, 0.1) is 4.90 Å². The topological polar surface area (TPSA) is 69.4 Å². The van der Waals surface area contributed by atoms with Crippen molar-refractivity contribution in [2.45, 2.75) is 17.8 Å². The summed E-state index contributed by atoms with van der Waals surface area (Å²) < 4.78 is 64.1. The van der Waals surface area contributed by atoms with Crippen LogP contribution in [0.1, 0.15) is 5.56 Å². The Bertz CT molecular complexity index is 817. The molecule has 0 unspecified atom stereocenters. The number of sulfone groups is 1. The van der Waals surface area contributed by atoms with Gasteiger partial charge in [0.25, 0.3) is 0 Å². The first-order chi connectivity index (χ1) is 10.6. The Morgan fingerprint density at radius 1 is 1.09 bits per heavy atom. The molecule has 0 aromatic heterocycles. The molecule has 23 heavy (non-hydrogen) atoms. The van der Waals surface area contributed by atoms with Crippen molar-refractivity contribution in [2.24, 2.45) is 5.73 Å². The van der Waals surface area contributed by atoms with Crippen molar-refractivity contribution < 1.29 is 26.3 Å². The van der Waals surface area contributed by atoms with Crippen molar-refractivity contribution in [1.29, 1.82) is 0 Å². The van der Waals surface area contributed by atoms with Gasteiger partial charge in [0.15, 0.2) is 9.84 Å². The molecule has 0 saturated carbocycles. The highest BCUT2D eigenvalue weighted by molar-refractivity contribution is 7.90. The van der Waals surface area contributed by atoms with Crippen LogP contribution >= 0.6 is 0 Å². The van der Waals surface area contributed by atoms with Crippen LogP contribution < -0.4 is 10.5 Å². The maximum Gasteiger partial charge on any atom is 0.573 e. The molecule has 2 rings (SSSR count). The molecule has 124 valence electrons. The lowest BCUT2D eigenvalue weighted by Gasteiger charge is -2.14. The molecule has 0 aliphatic carbocycles. The Labute approximate surface area is 131 Å². The van der Waals surface area contributed by atoms with Gasteiger partial charge in [0, 0.05) is 18.4 Å². The summed E-state index contributed by atoms with van der Waals surface area (Å²) in [5, 5.41) is 0. The third-order valence-electron chi connectivity index (χ3n) is 3.10. The molecule has 2 aromatic carbocycles. The summed E-state index contributed by atoms with van der Waals surface area (Å²) in [6.07, 6.45) is -3.72. The number of benzene rings is 2. The van der Waals surface area contributed by atoms with E-state index in [-0.39, 0.29) is 22.8 Å². The van der Waals surface area contributed by atoms with E-state index in [0.29, 0.717) is 11.1 Å². The SMILES string of the molecule is CS(=O)(=O)c1cccc(-c2ccc(OC(F)(F)F)c(CN)c2)c1. The van der Waals surface area contributed by atoms with Crippen LogP contribution in [-0.4, -0.2) is 21.0 Å². The summed E-state index contributed by atoms with van der Waals surface area (Å²) in [5.74, 6) is -0.372. The minimum absolute atomic E-state index is 0.125. The van der Waals surface area contributed by atoms with Crippen LogP contribution in [0.3, 0.4) is 0 Å². The third kappa shape index (κ3) is 4.46. The molecule has 2 N–H and O–H groups in total. The molecule has 2 aromatic rings. The van der Waals surface area contributed by atoms with Gasteiger partial charge in [0.2, 0.25) is 0 Å². The van der Waals surface area contributed by atoms with E-state index in [0.717, 1.165) is 12.3 Å². The summed E-state index contributed by atoms with van der Waals surface area (Å²) >= 11 is 0. The predicted molar refractivity (Wildman–Crippen MR) is 79.6 cm³/mol. The first-order valence-corrected chi connectivity index (χ1v) is 8.38. The molecule has 0 amide bonds. The van der Waals surface area contributed by atoms with E-state index in [1.165, 1.54) is 24.3 Å². The predicted octanol–water partition coefficient (Wildman–Crippen LogP) is 3.11. The summed E-state index contributed by atoms with van der Waals surface area (Å²) in [5.41, 5.74) is 6.75. The molecule has 0 spiro atoms. The molecule has 4 nitrogen and oxygen atoms in total. The molecule has 0 aliphatic heterocycles. The minimum atomic E-state index is -4.80. The zero-order valence-corrected chi connectivity index (χ0v) is 12.9. The maximum absolute atomic E-state index is 12.3. The molecular formula is C15H14F3NO3S. The molecule has 0 radical (unpaired) electrons. The van der Waals surface area contributed by atoms with Crippen molar-refractivity contribution in [1.82, 2.24) is 0 Å². The zero-order chi connectivity index (χ0) is 17.3. The highest BCUT2D eigenvalue weighted by Gasteiger charge is 2.32. The number of hydrogen-bond donors (Lipinski definition) is 1. The van der Waals surface area contributed by atoms with Crippen LogP contribution in [0.15, 0.2) is 47.4 Å². The summed E-state index contributed by atoms with van der Waals surface area (Å²) in [6, 6.07) is 10.2. The summed E-state index contributed by atoms with van der Waals surface area (Å²) in [6.45, 7) is -0.148. The molecule has 0 atom stereocenters. The number of alkyl halides is 3. The molecule has 0 heterocycles. The summed E-state index contributed by atoms with van der Waals surface area (Å²) in [7, 11) is -3.38. The molecule has 8 heteroatoms. The van der Waals surface area contributed by atoms with Crippen molar-refractivity contribution in [3.8, 4) is 16.9 Å². The Balaban J connectivity index is 2.46. The molecule has 0 saturated heterocycles. The number of rotatable bonds is 4. The standard InChI is InChI=1S/C15H14F3NO3S/c1-23(20,21)13-4-2-3-10(8-13)11-5-6-14(12(7-11)9-19)22-15(16,17)18/h2-8H,9,19H2,1H3. The first kappa shape index (κ1) is 17.3. The van der Waals surface area contributed by atoms with Crippen LogP contribution in [0.4, 0.5) is 13.2 Å². The van der Waals surface area contributed by atoms with Crippen LogP contribution in [-0.2, 0) is 16.4 Å². The molecular weight excluding hydrogens is 331 g/mol. The lowest BCUT2D eigenvalue weighted by molar-refractivity contribution is -0.274. The smallest absolute Gasteiger partial charge is 0.405 e. The maximum atomic E-state index is 12.3. The highest BCUT2D eigenvalue weighted by atomic mass is 32.2. The van der Waals surface area contributed by atoms with Crippen LogP contribution in [0.5, 0.6) is 5.75 Å². The van der Waals surface area contributed by atoms with E-state index in [4.69, 9.17) is 5.73 Å². The normalized spacial score (nSPS) is 12.2. The largest absolute Gasteiger partial charge is 0.573 e. The van der Waals surface area contributed by atoms with Gasteiger partial charge >= 0.3 is 6.36 Å². The van der Waals surface area contributed by atoms with Gasteiger partial charge in [0.1, 0.15) is 5.75 Å². The number of nitrogens with two attached hydrogens (primary N) is 1. The van der Waals surface area contributed by atoms with E-state index in [1.807, 2.05) is 0 Å². The van der Waals surface area contributed by atoms with E-state index in [9.17, 15) is 21.6 Å². The van der Waals surface area contributed by atoms with Gasteiger partial charge in [-0.05, 0) is 35.4 Å². The lowest BCUT2D eigenvalue weighted by Crippen LogP contribution is -2.18. The quantitative estimate of drug-likeness (QED) is 0.924. The second-order valence-corrected chi connectivity index (χ2v) is 6.89. The van der Waals surface area contributed by atoms with Crippen LogP contribution in [0.2, 0.25) is 0 Å². The van der Waals surface area contributed by atoms with Crippen molar-refractivity contribution in [3.63, 3.8) is 0 Å². The molecule has 0 bridgehead atoms. The summed E-state index contributed by atoms with van der Waals surface area (Å²) in [4.78, 5) is 0.125. The second-order valence-electron chi connectivity index (χ2n) is 4.87. The van der Waals surface area contributed by atoms with Gasteiger partial charge in [-0.25, -0.2) is 8.42 Å². The third-order valence-corrected chi connectivity index (χ3v) is 4.21. The van der Waals surface area contributed by atoms with Crippen molar-refractivity contribution in [3.05, 3.63) is 48.0 Å². The first-order valence-electron chi connectivity index (χ1n) is 6.49. The van der Waals surface area contributed by atoms with Gasteiger partial charge in [-0.1, -0.05) is 18.2 Å². The number of ether oxygens (including phenoxy) is 1. The van der Waals surface area contributed by atoms with E-state index >= 15 is 0 Å². The van der Waals surface area contributed by atoms with Crippen LogP contribution in [0, 0.1) is 0 Å². The van der Waals surface area contributed by atoms with Crippen molar-refractivity contribution in [2.75, 3.05) is 6.26 Å². The Morgan fingerprint density at radius 3 is 2.30 bits per heavy atom. The second kappa shape index (κ2) is 6.21. The lowest BCUT2D eigenvalue weighted by atomic mass is 10.0. The van der Waals surface area contributed by atoms with Gasteiger partial charge in [-0.3, -0.25) is 0 Å². The fourth-order valence-electron chi connectivity index (χ4n) is 2.05. The van der Waals surface area contributed by atoms with Crippen LogP contribution in [0.25, 0.3) is 11.1 Å². The average Bonchev–Trinajstić information content (AvgIpc) is 2.45. The minimum Gasteiger partial charge on any atom is -0.405 e. The zero-order valence-electron chi connectivity index (χ0n) is 12.1. The highest BCUT2D eigenvalue weighted by Crippen LogP contribution is 2.31. The number of hydrogen-bond acceptors (Lipinski definition) is 4. The molecule has 0 aliphatic rings. The van der Waals surface area contributed by atoms with E-state index in [1.54, 1.807) is 12.1 Å². The van der Waals surface area contributed by atoms with Crippen molar-refractivity contribution >= 4 is 9.84 Å². The monoisotopic (exact) mass is 345 g/mol.